The number of carbonyl (C=O) groups excluding carboxylic acids is 1. The molecule has 0 unspecified atom stereocenters. The van der Waals surface area contributed by atoms with Crippen molar-refractivity contribution in [2.75, 3.05) is 115 Å². The number of aromatic amines is 2. The number of piperazine rings is 3. The number of aromatic nitrogens is 6. The molecule has 3 saturated heterocycles. The van der Waals surface area contributed by atoms with Gasteiger partial charge in [-0.3, -0.25) is 29.5 Å². The molecule has 3 aliphatic carbocycles. The Bertz CT molecular complexity index is 4860. The SMILES string of the molecule is COc1cc(N2CCN(C3CCC(c4c[nH]c5ccc(F)cc45)CC3)CC2)c2ncccc2c1.COc1cc(N2CCN(C3CCC(c4c[nH]c5ccc(F)cc45)CC3)CC2)c2ncccc2c1.COc1cc(N2CCNCC2)c2ncccc2c1.Cn1cc(C2CCC(=O)CC2)c2cc(C(F)(F)F)ccc21. The van der Waals surface area contributed by atoms with Crippen LogP contribution in [-0.4, -0.2) is 157 Å². The standard InChI is InChI=1S/2C28H31FN4O.C16H16F3NO.C14H17N3O/c2*1-34-23-15-20-3-2-10-30-28(20)27(17-23)33-13-11-32(12-14-33)22-7-4-19(5-8-22)25-18-31-26-9-6-21(29)16-24(25)26;1-20-9-14(10-2-5-12(21)6-3-10)13-8-11(16(17,18)19)4-7-15(13)20;1-18-12-9-11-3-2-4-16-14(11)13(10-12)17-7-5-15-6-8-17/h2*2-3,6,9-10,15-19,22,31H,4-5,7-8,11-14H2,1H3;4,7-10H,2-3,5-6H2,1H3;2-4,9-10,15H,5-8H2,1H3. The highest BCUT2D eigenvalue weighted by Gasteiger charge is 2.35. The van der Waals surface area contributed by atoms with Crippen LogP contribution in [0.15, 0.2) is 165 Å². The topological polar surface area (TPSA) is 148 Å². The van der Waals surface area contributed by atoms with Crippen LogP contribution in [0, 0.1) is 11.6 Å². The van der Waals surface area contributed by atoms with Gasteiger partial charge in [0.1, 0.15) is 34.7 Å². The molecule has 9 heterocycles. The fourth-order valence-electron chi connectivity index (χ4n) is 17.7. The number of Topliss-reactive ketones (excluding diaryl/α,β-unsaturated/α-hetero) is 1. The van der Waals surface area contributed by atoms with Crippen molar-refractivity contribution in [3.05, 3.63) is 198 Å². The van der Waals surface area contributed by atoms with Crippen LogP contribution in [0.1, 0.15) is 117 Å². The lowest BCUT2D eigenvalue weighted by Gasteiger charge is -2.42. The zero-order chi connectivity index (χ0) is 73.7. The summed E-state index contributed by atoms with van der Waals surface area (Å²) in [4.78, 5) is 44.5. The van der Waals surface area contributed by atoms with E-state index >= 15 is 0 Å². The molecular formula is C86H95F5N12O4. The molecular weight excluding hydrogens is 1360 g/mol. The van der Waals surface area contributed by atoms with E-state index in [2.05, 4.69) is 116 Å². The lowest BCUT2D eigenvalue weighted by Crippen LogP contribution is -2.51. The summed E-state index contributed by atoms with van der Waals surface area (Å²) in [5.41, 5.74) is 12.4. The summed E-state index contributed by atoms with van der Waals surface area (Å²) in [6.45, 7) is 12.3. The van der Waals surface area contributed by atoms with Crippen LogP contribution in [0.3, 0.4) is 0 Å². The highest BCUT2D eigenvalue weighted by molar-refractivity contribution is 5.95. The van der Waals surface area contributed by atoms with Crippen LogP contribution in [0.2, 0.25) is 0 Å². The summed E-state index contributed by atoms with van der Waals surface area (Å²) in [7, 11) is 7.00. The number of nitrogens with zero attached hydrogens (tertiary/aromatic N) is 9. The lowest BCUT2D eigenvalue weighted by atomic mass is 9.81. The minimum Gasteiger partial charge on any atom is -0.497 e. The smallest absolute Gasteiger partial charge is 0.416 e. The molecule has 18 rings (SSSR count). The van der Waals surface area contributed by atoms with Crippen molar-refractivity contribution < 1.29 is 41.0 Å². The highest BCUT2D eigenvalue weighted by Crippen LogP contribution is 2.44. The first-order valence-electron chi connectivity index (χ1n) is 38.1. The summed E-state index contributed by atoms with van der Waals surface area (Å²) in [5.74, 6) is 3.81. The number of anilines is 3. The minimum absolute atomic E-state index is 0.154. The monoisotopic (exact) mass is 1450 g/mol. The van der Waals surface area contributed by atoms with E-state index in [1.807, 2.05) is 72.8 Å². The third kappa shape index (κ3) is 16.1. The quantitative estimate of drug-likeness (QED) is 0.106. The van der Waals surface area contributed by atoms with E-state index < -0.39 is 11.7 Å². The second-order valence-corrected chi connectivity index (χ2v) is 29.6. The second kappa shape index (κ2) is 32.3. The molecule has 0 radical (unpaired) electrons. The molecule has 16 nitrogen and oxygen atoms in total. The summed E-state index contributed by atoms with van der Waals surface area (Å²) >= 11 is 0. The number of methoxy groups -OCH3 is 3. The van der Waals surface area contributed by atoms with Crippen LogP contribution >= 0.6 is 0 Å². The molecule has 12 aromatic rings. The average Bonchev–Trinajstić information content (AvgIpc) is 1.78. The fourth-order valence-corrected chi connectivity index (χ4v) is 17.7. The number of carbonyl (C=O) groups is 1. The van der Waals surface area contributed by atoms with E-state index in [9.17, 15) is 26.7 Å². The van der Waals surface area contributed by atoms with E-state index in [0.717, 1.165) is 180 Å². The third-order valence-electron chi connectivity index (χ3n) is 23.4. The van der Waals surface area contributed by atoms with E-state index in [0.29, 0.717) is 42.1 Å². The fraction of sp³-hybridized carbons (Fsp3) is 0.395. The summed E-state index contributed by atoms with van der Waals surface area (Å²) in [6, 6.07) is 40.0. The first-order valence-corrected chi connectivity index (χ1v) is 38.1. The second-order valence-electron chi connectivity index (χ2n) is 29.6. The number of hydrogen-bond acceptors (Lipinski definition) is 13. The molecule has 107 heavy (non-hydrogen) atoms. The first-order chi connectivity index (χ1) is 52.1. The van der Waals surface area contributed by atoms with Crippen molar-refractivity contribution in [1.29, 1.82) is 0 Å². The van der Waals surface area contributed by atoms with Gasteiger partial charge in [0.15, 0.2) is 0 Å². The van der Waals surface area contributed by atoms with Crippen molar-refractivity contribution in [3.8, 4) is 17.2 Å². The zero-order valence-electron chi connectivity index (χ0n) is 61.5. The number of pyridine rings is 3. The van der Waals surface area contributed by atoms with Crippen molar-refractivity contribution in [2.45, 2.75) is 113 Å². The Labute approximate surface area is 621 Å². The van der Waals surface area contributed by atoms with Gasteiger partial charge in [-0.1, -0.05) is 18.2 Å². The van der Waals surface area contributed by atoms with E-state index in [1.54, 1.807) is 33.5 Å². The van der Waals surface area contributed by atoms with Crippen LogP contribution in [-0.2, 0) is 18.0 Å². The van der Waals surface area contributed by atoms with Crippen LogP contribution < -0.4 is 34.2 Å². The van der Waals surface area contributed by atoms with Gasteiger partial charge < -0.3 is 48.8 Å². The Hall–Kier alpha value is -9.83. The van der Waals surface area contributed by atoms with Crippen molar-refractivity contribution in [2.24, 2.45) is 7.05 Å². The molecule has 0 bridgehead atoms. The molecule has 3 saturated carbocycles. The van der Waals surface area contributed by atoms with Gasteiger partial charge in [0.2, 0.25) is 0 Å². The van der Waals surface area contributed by atoms with Gasteiger partial charge in [0, 0.05) is 215 Å². The van der Waals surface area contributed by atoms with Crippen LogP contribution in [0.25, 0.3) is 65.4 Å². The number of ketones is 1. The number of nitrogens with one attached hydrogen (secondary N) is 3. The van der Waals surface area contributed by atoms with E-state index in [-0.39, 0.29) is 23.3 Å². The van der Waals surface area contributed by atoms with Crippen molar-refractivity contribution >= 4 is 88.3 Å². The maximum atomic E-state index is 13.8. The number of benzene rings is 6. The lowest BCUT2D eigenvalue weighted by molar-refractivity contribution is -0.137. The predicted octanol–water partition coefficient (Wildman–Crippen LogP) is 17.5. The van der Waals surface area contributed by atoms with Crippen LogP contribution in [0.4, 0.5) is 39.0 Å². The van der Waals surface area contributed by atoms with Gasteiger partial charge in [-0.05, 0) is 190 Å². The maximum absolute atomic E-state index is 13.8. The Morgan fingerprint density at radius 2 is 0.860 bits per heavy atom. The average molecular weight is 1460 g/mol. The van der Waals surface area contributed by atoms with Gasteiger partial charge >= 0.3 is 6.18 Å². The van der Waals surface area contributed by atoms with E-state index in [4.69, 9.17) is 14.2 Å². The Balaban J connectivity index is 0.000000118. The molecule has 3 aliphatic heterocycles. The number of hydrogen-bond donors (Lipinski definition) is 3. The molecule has 6 aromatic carbocycles. The molecule has 6 aromatic heterocycles. The van der Waals surface area contributed by atoms with Gasteiger partial charge in [0.25, 0.3) is 0 Å². The van der Waals surface area contributed by atoms with E-state index in [1.165, 1.54) is 104 Å². The first kappa shape index (κ1) is 72.7. The highest BCUT2D eigenvalue weighted by atomic mass is 19.4. The maximum Gasteiger partial charge on any atom is 0.416 e. The molecule has 6 aliphatic rings. The Morgan fingerprint density at radius 3 is 1.27 bits per heavy atom. The van der Waals surface area contributed by atoms with Gasteiger partial charge in [-0.25, -0.2) is 8.78 Å². The number of ether oxygens (including phenoxy) is 3. The molecule has 21 heteroatoms. The molecule has 0 atom stereocenters. The zero-order valence-corrected chi connectivity index (χ0v) is 61.5. The normalized spacial score (nSPS) is 20.0. The Kier molecular flexibility index (Phi) is 22.0. The number of alkyl halides is 3. The summed E-state index contributed by atoms with van der Waals surface area (Å²) in [5, 5.41) is 9.50. The summed E-state index contributed by atoms with van der Waals surface area (Å²) < 4.78 is 84.7. The molecule has 558 valence electrons. The molecule has 0 amide bonds. The number of rotatable bonds is 11. The number of aryl methyl sites for hydroxylation is 1. The van der Waals surface area contributed by atoms with Crippen molar-refractivity contribution in [1.82, 2.24) is 44.6 Å². The Morgan fingerprint density at radius 1 is 0.449 bits per heavy atom. The number of fused-ring (bicyclic) bond motifs is 6. The number of halogens is 5. The minimum atomic E-state index is -4.33. The van der Waals surface area contributed by atoms with Crippen molar-refractivity contribution in [3.63, 3.8) is 0 Å². The molecule has 3 N–H and O–H groups in total. The number of H-pyrrole nitrogens is 2. The molecule has 6 fully saturated rings. The third-order valence-corrected chi connectivity index (χ3v) is 23.4. The van der Waals surface area contributed by atoms with Crippen LogP contribution in [0.5, 0.6) is 17.2 Å². The largest absolute Gasteiger partial charge is 0.497 e. The van der Waals surface area contributed by atoms with Gasteiger partial charge in [-0.2, -0.15) is 13.2 Å². The molecule has 0 spiro atoms. The summed E-state index contributed by atoms with van der Waals surface area (Å²) in [6.07, 6.45) is 19.4. The predicted molar refractivity (Wildman–Crippen MR) is 418 cm³/mol. The van der Waals surface area contributed by atoms with Gasteiger partial charge in [0.05, 0.1) is 60.5 Å². The van der Waals surface area contributed by atoms with Gasteiger partial charge in [-0.15, -0.1) is 0 Å².